The van der Waals surface area contributed by atoms with Gasteiger partial charge in [-0.05, 0) is 55.4 Å². The Kier molecular flexibility index (Phi) is 21.5. The number of carbonyl (C=O) groups is 7. The van der Waals surface area contributed by atoms with Gasteiger partial charge in [0, 0.05) is 37.7 Å². The van der Waals surface area contributed by atoms with Crippen LogP contribution in [0, 0.1) is 5.92 Å². The molecule has 6 amide bonds. The molecule has 3 rings (SSSR count). The highest BCUT2D eigenvalue weighted by atomic mass is 16.4. The van der Waals surface area contributed by atoms with Crippen LogP contribution in [0.1, 0.15) is 56.9 Å². The van der Waals surface area contributed by atoms with Crippen LogP contribution in [0.5, 0.6) is 5.75 Å². The third-order valence-electron chi connectivity index (χ3n) is 10.0. The first-order valence-electron chi connectivity index (χ1n) is 21.2. The number of benzene rings is 2. The lowest BCUT2D eigenvalue weighted by atomic mass is 9.99. The first kappa shape index (κ1) is 53.2. The predicted octanol–water partition coefficient (Wildman–Crippen LogP) is -3.06. The molecule has 0 bridgehead atoms. The van der Waals surface area contributed by atoms with Crippen molar-refractivity contribution in [2.45, 2.75) is 108 Å². The van der Waals surface area contributed by atoms with Gasteiger partial charge in [0.25, 0.3) is 0 Å². The van der Waals surface area contributed by atoms with Gasteiger partial charge in [-0.1, -0.05) is 56.3 Å². The number of aromatic nitrogens is 2. The fraction of sp³-hybridized carbons (Fsp3) is 0.465. The van der Waals surface area contributed by atoms with Gasteiger partial charge < -0.3 is 74.5 Å². The molecule has 2 aromatic carbocycles. The van der Waals surface area contributed by atoms with E-state index in [1.807, 2.05) is 0 Å². The minimum Gasteiger partial charge on any atom is -0.508 e. The smallest absolute Gasteiger partial charge is 0.326 e. The predicted molar refractivity (Wildman–Crippen MR) is 240 cm³/mol. The second kappa shape index (κ2) is 26.6. The fourth-order valence-electron chi connectivity index (χ4n) is 6.53. The topological polar surface area (TPSA) is 392 Å². The molecule has 0 radical (unpaired) electrons. The molecule has 0 aliphatic carbocycles. The lowest BCUT2D eigenvalue weighted by Crippen LogP contribution is -2.62. The summed E-state index contributed by atoms with van der Waals surface area (Å²) in [7, 11) is 0. The minimum absolute atomic E-state index is 0.0229. The summed E-state index contributed by atoms with van der Waals surface area (Å²) in [6.45, 7) is 4.05. The van der Waals surface area contributed by atoms with Crippen LogP contribution in [0.15, 0.2) is 72.1 Å². The van der Waals surface area contributed by atoms with Crippen molar-refractivity contribution in [1.29, 1.82) is 0 Å². The lowest BCUT2D eigenvalue weighted by molar-refractivity contribution is -0.142. The van der Waals surface area contributed by atoms with E-state index in [4.69, 9.17) is 17.2 Å². The van der Waals surface area contributed by atoms with Crippen LogP contribution < -0.4 is 49.1 Å². The van der Waals surface area contributed by atoms with Gasteiger partial charge in [0.1, 0.15) is 48.0 Å². The van der Waals surface area contributed by atoms with Crippen molar-refractivity contribution in [1.82, 2.24) is 41.9 Å². The van der Waals surface area contributed by atoms with Gasteiger partial charge in [0.15, 0.2) is 5.96 Å². The van der Waals surface area contributed by atoms with Gasteiger partial charge >= 0.3 is 5.97 Å². The second-order valence-corrected chi connectivity index (χ2v) is 16.1. The molecule has 23 heteroatoms. The maximum atomic E-state index is 14.2. The number of carbonyl (C=O) groups excluding carboxylic acids is 6. The van der Waals surface area contributed by atoms with Crippen LogP contribution in [-0.2, 0) is 52.8 Å². The van der Waals surface area contributed by atoms with Gasteiger partial charge in [0.05, 0.1) is 19.0 Å². The number of nitrogens with one attached hydrogen (secondary N) is 7. The average Bonchev–Trinajstić information content (AvgIpc) is 3.79. The van der Waals surface area contributed by atoms with Crippen molar-refractivity contribution in [3.63, 3.8) is 0 Å². The zero-order valence-corrected chi connectivity index (χ0v) is 37.0. The Morgan fingerprint density at radius 1 is 0.697 bits per heavy atom. The highest BCUT2D eigenvalue weighted by Crippen LogP contribution is 2.14. The summed E-state index contributed by atoms with van der Waals surface area (Å²) in [6.07, 6.45) is 0.824. The highest BCUT2D eigenvalue weighted by molar-refractivity contribution is 5.97. The van der Waals surface area contributed by atoms with Crippen molar-refractivity contribution < 1.29 is 54.0 Å². The van der Waals surface area contributed by atoms with E-state index in [2.05, 4.69) is 46.9 Å². The molecule has 0 saturated heterocycles. The highest BCUT2D eigenvalue weighted by Gasteiger charge is 2.35. The summed E-state index contributed by atoms with van der Waals surface area (Å²) in [4.78, 5) is 105. The van der Waals surface area contributed by atoms with E-state index in [1.54, 1.807) is 44.2 Å². The number of aromatic hydroxyl groups is 1. The molecule has 0 saturated carbocycles. The number of nitrogens with zero attached hydrogens (tertiary/aromatic N) is 2. The van der Waals surface area contributed by atoms with Gasteiger partial charge in [-0.3, -0.25) is 33.8 Å². The summed E-state index contributed by atoms with van der Waals surface area (Å²) in [5.41, 5.74) is 18.1. The number of aliphatic hydroxyl groups is 2. The molecular weight excluding hydrogens is 861 g/mol. The lowest BCUT2D eigenvalue weighted by Gasteiger charge is -2.29. The number of aliphatic imine (C=N–C) groups is 1. The summed E-state index contributed by atoms with van der Waals surface area (Å²) in [5.74, 6) is -7.21. The van der Waals surface area contributed by atoms with E-state index in [1.165, 1.54) is 43.7 Å². The molecular formula is C43H62N12O11. The Morgan fingerprint density at radius 2 is 1.23 bits per heavy atom. The number of hydrogen-bond donors (Lipinski definition) is 14. The van der Waals surface area contributed by atoms with Gasteiger partial charge in [-0.15, -0.1) is 0 Å². The molecule has 17 N–H and O–H groups in total. The van der Waals surface area contributed by atoms with Crippen LogP contribution in [-0.4, -0.2) is 139 Å². The molecule has 1 aromatic heterocycles. The molecule has 3 aromatic rings. The van der Waals surface area contributed by atoms with E-state index in [0.717, 1.165) is 0 Å². The standard InChI is InChI=1S/C43H62N12O11/c1-23(2)16-31(38(61)53-32(17-26-11-13-28(58)14-12-26)39(62)54-34(42(65)66)18-25-8-5-4-6-9-25)52-37(60)30(10-7-15-48-43(45)46)50-41(64)35(24(3)57)55-40(63)33(19-27-20-47-22-49-27)51-36(59)29(44)21-56/h4-6,8-9,11-14,20,22-24,29-35,56-58H,7,10,15-19,21,44H2,1-3H3,(H,47,49)(H,50,64)(H,51,59)(H,52,60)(H,53,61)(H,54,62)(H,55,63)(H,65,66)(H4,45,46,48)/t24-,29+,30+,31+,32+,33+,34+,35+/m1/s1. The van der Waals surface area contributed by atoms with E-state index < -0.39 is 96.4 Å². The first-order valence-corrected chi connectivity index (χ1v) is 21.2. The van der Waals surface area contributed by atoms with Crippen molar-refractivity contribution in [3.05, 3.63) is 83.9 Å². The molecule has 1 heterocycles. The van der Waals surface area contributed by atoms with Crippen LogP contribution in [0.3, 0.4) is 0 Å². The zero-order chi connectivity index (χ0) is 48.9. The molecule has 0 spiro atoms. The summed E-state index contributed by atoms with van der Waals surface area (Å²) in [5, 5.41) is 55.1. The maximum absolute atomic E-state index is 14.2. The number of guanidine groups is 1. The number of carboxylic acid groups (broad SMARTS) is 1. The summed E-state index contributed by atoms with van der Waals surface area (Å²) >= 11 is 0. The van der Waals surface area contributed by atoms with E-state index in [9.17, 15) is 54.0 Å². The quantitative estimate of drug-likeness (QED) is 0.0205. The first-order chi connectivity index (χ1) is 31.3. The number of aromatic amines is 1. The maximum Gasteiger partial charge on any atom is 0.326 e. The number of hydrogen-bond acceptors (Lipinski definition) is 13. The number of aliphatic carboxylic acids is 1. The number of phenols is 1. The van der Waals surface area contributed by atoms with Crippen LogP contribution in [0.25, 0.3) is 0 Å². The minimum atomic E-state index is -1.70. The van der Waals surface area contributed by atoms with Crippen molar-refractivity contribution in [2.75, 3.05) is 13.2 Å². The molecule has 0 aliphatic heterocycles. The second-order valence-electron chi connectivity index (χ2n) is 16.1. The molecule has 66 heavy (non-hydrogen) atoms. The molecule has 360 valence electrons. The number of phenolic OH excluding ortho intramolecular Hbond substituents is 1. The third kappa shape index (κ3) is 18.2. The number of aliphatic hydroxyl groups excluding tert-OH is 2. The van der Waals surface area contributed by atoms with Crippen LogP contribution in [0.4, 0.5) is 0 Å². The molecule has 0 unspecified atom stereocenters. The SMILES string of the molecule is CC(C)C[C@H](NC(=O)[C@H](CCCN=C(N)N)NC(=O)[C@@H](NC(=O)[C@H](Cc1cnc[nH]1)NC(=O)[C@@H](N)CO)[C@@H](C)O)C(=O)N[C@@H](Cc1ccc(O)cc1)C(=O)N[C@@H](Cc1ccccc1)C(=O)O. The van der Waals surface area contributed by atoms with Crippen LogP contribution >= 0.6 is 0 Å². The zero-order valence-electron chi connectivity index (χ0n) is 37.0. The monoisotopic (exact) mass is 922 g/mol. The van der Waals surface area contributed by atoms with Gasteiger partial charge in [-0.2, -0.15) is 0 Å². The average molecular weight is 923 g/mol. The Morgan fingerprint density at radius 3 is 1.80 bits per heavy atom. The number of H-pyrrole nitrogens is 1. The number of carboxylic acids is 1. The Bertz CT molecular complexity index is 2080. The largest absolute Gasteiger partial charge is 0.508 e. The molecule has 0 aliphatic rings. The van der Waals surface area contributed by atoms with E-state index in [0.29, 0.717) is 16.8 Å². The summed E-state index contributed by atoms with van der Waals surface area (Å²) < 4.78 is 0. The Labute approximate surface area is 381 Å². The number of imidazole rings is 1. The van der Waals surface area contributed by atoms with Crippen LogP contribution in [0.2, 0.25) is 0 Å². The van der Waals surface area contributed by atoms with Gasteiger partial charge in [-0.25, -0.2) is 9.78 Å². The van der Waals surface area contributed by atoms with Crippen molar-refractivity contribution >= 4 is 47.4 Å². The third-order valence-corrected chi connectivity index (χ3v) is 10.0. The van der Waals surface area contributed by atoms with E-state index in [-0.39, 0.29) is 62.7 Å². The normalized spacial score (nSPS) is 14.7. The number of amides is 6. The van der Waals surface area contributed by atoms with Gasteiger partial charge in [0.2, 0.25) is 35.4 Å². The van der Waals surface area contributed by atoms with Crippen molar-refractivity contribution in [3.8, 4) is 5.75 Å². The molecule has 8 atom stereocenters. The Hall–Kier alpha value is -7.11. The number of rotatable bonds is 27. The molecule has 23 nitrogen and oxygen atoms in total. The summed E-state index contributed by atoms with van der Waals surface area (Å²) in [6, 6.07) is 4.43. The number of nitrogens with two attached hydrogens (primary N) is 3. The Balaban J connectivity index is 1.89. The van der Waals surface area contributed by atoms with Crippen molar-refractivity contribution in [2.24, 2.45) is 28.1 Å². The van der Waals surface area contributed by atoms with E-state index >= 15 is 0 Å². The fourth-order valence-corrected chi connectivity index (χ4v) is 6.53. The molecule has 0 fully saturated rings.